The highest BCUT2D eigenvalue weighted by Gasteiger charge is 2.10. The molecule has 0 bridgehead atoms. The van der Waals surface area contributed by atoms with Crippen molar-refractivity contribution in [3.05, 3.63) is 77.9 Å². The van der Waals surface area contributed by atoms with Crippen LogP contribution in [0.5, 0.6) is 0 Å². The monoisotopic (exact) mass is 426 g/mol. The van der Waals surface area contributed by atoms with E-state index < -0.39 is 0 Å². The van der Waals surface area contributed by atoms with E-state index in [1.54, 1.807) is 0 Å². The molecule has 0 amide bonds. The molecule has 0 unspecified atom stereocenters. The fraction of sp³-hybridized carbons (Fsp3) is 0.160. The molecule has 0 fully saturated rings. The highest BCUT2D eigenvalue weighted by Crippen LogP contribution is 2.28. The summed E-state index contributed by atoms with van der Waals surface area (Å²) in [5.74, 6) is 1.16. The van der Waals surface area contributed by atoms with E-state index in [0.717, 1.165) is 27.9 Å². The standard InChI is InChI=1S/C25H26N6O/c1-4-18-11-12-19(15-17(18)3)27-24-29-23(26-13-14-32)30-25(31-24)28-22-10-6-8-20-16(2)7-5-9-21(20)22/h4-12,15,32H,1,13-14H2,2-3H3,(H3,26,27,28,29,30,31). The third-order valence-electron chi connectivity index (χ3n) is 5.16. The Balaban J connectivity index is 1.68. The summed E-state index contributed by atoms with van der Waals surface area (Å²) >= 11 is 0. The molecule has 162 valence electrons. The second-order valence-corrected chi connectivity index (χ2v) is 7.46. The van der Waals surface area contributed by atoms with Gasteiger partial charge in [0, 0.05) is 23.3 Å². The molecule has 7 nitrogen and oxygen atoms in total. The molecule has 1 heterocycles. The molecule has 32 heavy (non-hydrogen) atoms. The van der Waals surface area contributed by atoms with Gasteiger partial charge < -0.3 is 21.1 Å². The number of rotatable bonds is 8. The third-order valence-corrected chi connectivity index (χ3v) is 5.16. The largest absolute Gasteiger partial charge is 0.395 e. The number of aliphatic hydroxyl groups is 1. The van der Waals surface area contributed by atoms with Crippen molar-refractivity contribution in [1.29, 1.82) is 0 Å². The molecular weight excluding hydrogens is 400 g/mol. The fourth-order valence-electron chi connectivity index (χ4n) is 3.54. The van der Waals surface area contributed by atoms with Crippen LogP contribution < -0.4 is 16.0 Å². The molecule has 0 atom stereocenters. The molecule has 0 aliphatic carbocycles. The fourth-order valence-corrected chi connectivity index (χ4v) is 3.54. The summed E-state index contributed by atoms with van der Waals surface area (Å²) in [6.07, 6.45) is 1.83. The van der Waals surface area contributed by atoms with E-state index in [1.807, 2.05) is 49.4 Å². The SMILES string of the molecule is C=Cc1ccc(Nc2nc(NCCO)nc(Nc3cccc4c(C)cccc34)n2)cc1C. The summed E-state index contributed by atoms with van der Waals surface area (Å²) in [5, 5.41) is 21.0. The lowest BCUT2D eigenvalue weighted by Crippen LogP contribution is -2.12. The maximum atomic E-state index is 9.19. The van der Waals surface area contributed by atoms with Crippen LogP contribution >= 0.6 is 0 Å². The number of hydrogen-bond donors (Lipinski definition) is 4. The zero-order chi connectivity index (χ0) is 22.5. The number of hydrogen-bond acceptors (Lipinski definition) is 7. The summed E-state index contributed by atoms with van der Waals surface area (Å²) in [4.78, 5) is 13.5. The first kappa shape index (κ1) is 21.3. The highest BCUT2D eigenvalue weighted by molar-refractivity contribution is 5.96. The van der Waals surface area contributed by atoms with Gasteiger partial charge in [-0.1, -0.05) is 49.1 Å². The van der Waals surface area contributed by atoms with Gasteiger partial charge in [0.05, 0.1) is 6.61 Å². The van der Waals surface area contributed by atoms with Gasteiger partial charge in [-0.2, -0.15) is 15.0 Å². The predicted molar refractivity (Wildman–Crippen MR) is 132 cm³/mol. The number of fused-ring (bicyclic) bond motifs is 1. The van der Waals surface area contributed by atoms with E-state index in [9.17, 15) is 5.11 Å². The Hall–Kier alpha value is -3.97. The Kier molecular flexibility index (Phi) is 6.28. The third kappa shape index (κ3) is 4.68. The smallest absolute Gasteiger partial charge is 0.233 e. The average molecular weight is 427 g/mol. The minimum Gasteiger partial charge on any atom is -0.395 e. The number of aryl methyl sites for hydroxylation is 2. The lowest BCUT2D eigenvalue weighted by molar-refractivity contribution is 0.311. The predicted octanol–water partition coefficient (Wildman–Crippen LogP) is 5.18. The van der Waals surface area contributed by atoms with Crippen LogP contribution in [0.25, 0.3) is 16.8 Å². The van der Waals surface area contributed by atoms with Crippen molar-refractivity contribution in [2.75, 3.05) is 29.1 Å². The van der Waals surface area contributed by atoms with Crippen molar-refractivity contribution in [2.45, 2.75) is 13.8 Å². The van der Waals surface area contributed by atoms with Crippen LogP contribution in [0, 0.1) is 13.8 Å². The van der Waals surface area contributed by atoms with Gasteiger partial charge in [-0.15, -0.1) is 0 Å². The van der Waals surface area contributed by atoms with Crippen LogP contribution in [-0.4, -0.2) is 33.2 Å². The zero-order valence-electron chi connectivity index (χ0n) is 18.2. The van der Waals surface area contributed by atoms with Gasteiger partial charge in [0.2, 0.25) is 17.8 Å². The molecular formula is C25H26N6O. The molecule has 0 aliphatic heterocycles. The van der Waals surface area contributed by atoms with Gasteiger partial charge in [0.25, 0.3) is 0 Å². The Morgan fingerprint density at radius 1 is 0.844 bits per heavy atom. The van der Waals surface area contributed by atoms with Gasteiger partial charge in [-0.05, 0) is 54.1 Å². The number of nitrogens with zero attached hydrogens (tertiary/aromatic N) is 3. The van der Waals surface area contributed by atoms with Crippen LogP contribution in [0.2, 0.25) is 0 Å². The van der Waals surface area contributed by atoms with Crippen LogP contribution in [-0.2, 0) is 0 Å². The first-order valence-electron chi connectivity index (χ1n) is 10.4. The molecule has 1 aromatic heterocycles. The van der Waals surface area contributed by atoms with Crippen LogP contribution in [0.15, 0.2) is 61.2 Å². The van der Waals surface area contributed by atoms with Crippen molar-refractivity contribution in [1.82, 2.24) is 15.0 Å². The lowest BCUT2D eigenvalue weighted by atomic mass is 10.0. The quantitative estimate of drug-likeness (QED) is 0.308. The van der Waals surface area contributed by atoms with Gasteiger partial charge >= 0.3 is 0 Å². The van der Waals surface area contributed by atoms with Gasteiger partial charge in [-0.3, -0.25) is 0 Å². The van der Waals surface area contributed by atoms with E-state index in [0.29, 0.717) is 24.4 Å². The van der Waals surface area contributed by atoms with Crippen molar-refractivity contribution in [3.63, 3.8) is 0 Å². The maximum Gasteiger partial charge on any atom is 0.233 e. The van der Waals surface area contributed by atoms with Crippen molar-refractivity contribution < 1.29 is 5.11 Å². The zero-order valence-corrected chi connectivity index (χ0v) is 18.2. The number of benzene rings is 3. The Morgan fingerprint density at radius 2 is 1.56 bits per heavy atom. The number of aliphatic hydroxyl groups excluding tert-OH is 1. The molecule has 0 saturated heterocycles. The molecule has 0 saturated carbocycles. The summed E-state index contributed by atoms with van der Waals surface area (Å²) in [6.45, 7) is 8.26. The molecule has 4 N–H and O–H groups in total. The van der Waals surface area contributed by atoms with Gasteiger partial charge in [-0.25, -0.2) is 0 Å². The highest BCUT2D eigenvalue weighted by atomic mass is 16.3. The minimum absolute atomic E-state index is 0.0258. The van der Waals surface area contributed by atoms with Crippen LogP contribution in [0.3, 0.4) is 0 Å². The molecule has 0 aliphatic rings. The number of nitrogens with one attached hydrogen (secondary N) is 3. The van der Waals surface area contributed by atoms with Crippen molar-refractivity contribution >= 4 is 46.1 Å². The molecule has 4 rings (SSSR count). The van der Waals surface area contributed by atoms with E-state index >= 15 is 0 Å². The second-order valence-electron chi connectivity index (χ2n) is 7.46. The van der Waals surface area contributed by atoms with Crippen LogP contribution in [0.4, 0.5) is 29.2 Å². The summed E-state index contributed by atoms with van der Waals surface area (Å²) in [7, 11) is 0. The minimum atomic E-state index is -0.0258. The second kappa shape index (κ2) is 9.45. The van der Waals surface area contributed by atoms with Crippen LogP contribution in [0.1, 0.15) is 16.7 Å². The van der Waals surface area contributed by atoms with E-state index in [4.69, 9.17) is 0 Å². The maximum absolute atomic E-state index is 9.19. The van der Waals surface area contributed by atoms with E-state index in [2.05, 4.69) is 62.6 Å². The summed E-state index contributed by atoms with van der Waals surface area (Å²) in [5.41, 5.74) is 5.14. The molecule has 0 spiro atoms. The van der Waals surface area contributed by atoms with Crippen molar-refractivity contribution in [2.24, 2.45) is 0 Å². The first-order valence-corrected chi connectivity index (χ1v) is 10.4. The Labute approximate surface area is 187 Å². The average Bonchev–Trinajstić information content (AvgIpc) is 2.78. The van der Waals surface area contributed by atoms with Crippen molar-refractivity contribution in [3.8, 4) is 0 Å². The first-order chi connectivity index (χ1) is 15.6. The molecule has 4 aromatic rings. The summed E-state index contributed by atoms with van der Waals surface area (Å²) < 4.78 is 0. The van der Waals surface area contributed by atoms with E-state index in [1.165, 1.54) is 10.9 Å². The van der Waals surface area contributed by atoms with Gasteiger partial charge in [0.15, 0.2) is 0 Å². The van der Waals surface area contributed by atoms with E-state index in [-0.39, 0.29) is 6.61 Å². The molecule has 0 radical (unpaired) electrons. The topological polar surface area (TPSA) is 95.0 Å². The lowest BCUT2D eigenvalue weighted by Gasteiger charge is -2.13. The normalized spacial score (nSPS) is 10.7. The van der Waals surface area contributed by atoms with Gasteiger partial charge in [0.1, 0.15) is 0 Å². The Morgan fingerprint density at radius 3 is 2.31 bits per heavy atom. The number of anilines is 5. The molecule has 7 heteroatoms. The summed E-state index contributed by atoms with van der Waals surface area (Å²) in [6, 6.07) is 18.3. The number of aromatic nitrogens is 3. The Bertz CT molecular complexity index is 1270. The molecule has 3 aromatic carbocycles.